The summed E-state index contributed by atoms with van der Waals surface area (Å²) in [6, 6.07) is 7.04. The van der Waals surface area contributed by atoms with Gasteiger partial charge in [0.25, 0.3) is 0 Å². The fourth-order valence-corrected chi connectivity index (χ4v) is 2.94. The van der Waals surface area contributed by atoms with Crippen molar-refractivity contribution >= 4 is 17.8 Å². The van der Waals surface area contributed by atoms with E-state index < -0.39 is 17.4 Å². The minimum atomic E-state index is -0.927. The maximum Gasteiger partial charge on any atom is 0.407 e. The molecule has 118 valence electrons. The molecule has 1 aliphatic carbocycles. The van der Waals surface area contributed by atoms with Gasteiger partial charge in [0.2, 0.25) is 5.91 Å². The zero-order valence-corrected chi connectivity index (χ0v) is 12.6. The van der Waals surface area contributed by atoms with Gasteiger partial charge in [-0.15, -0.1) is 0 Å². The number of amides is 2. The Balaban J connectivity index is 2.23. The average molecular weight is 304 g/mol. The molecule has 1 aromatic rings. The van der Waals surface area contributed by atoms with Crippen molar-refractivity contribution in [3.63, 3.8) is 0 Å². The van der Waals surface area contributed by atoms with E-state index in [0.717, 1.165) is 0 Å². The number of nitrogens with one attached hydrogen (secondary N) is 1. The SMILES string of the molecule is CCOC(=O)NCC[C@@]1(C(N)=O)CCC(=O)c2ccccc21. The summed E-state index contributed by atoms with van der Waals surface area (Å²) >= 11 is 0. The molecule has 2 rings (SSSR count). The maximum atomic E-state index is 12.1. The summed E-state index contributed by atoms with van der Waals surface area (Å²) < 4.78 is 4.79. The molecule has 1 aliphatic rings. The maximum absolute atomic E-state index is 12.1. The van der Waals surface area contributed by atoms with E-state index in [2.05, 4.69) is 5.32 Å². The third kappa shape index (κ3) is 2.95. The quantitative estimate of drug-likeness (QED) is 0.861. The third-order valence-electron chi connectivity index (χ3n) is 4.09. The van der Waals surface area contributed by atoms with E-state index in [1.165, 1.54) is 0 Å². The Morgan fingerprint density at radius 3 is 2.77 bits per heavy atom. The number of hydrogen-bond donors (Lipinski definition) is 2. The van der Waals surface area contributed by atoms with E-state index in [4.69, 9.17) is 10.5 Å². The van der Waals surface area contributed by atoms with E-state index >= 15 is 0 Å². The standard InChI is InChI=1S/C16H20N2O4/c1-2-22-15(21)18-10-9-16(14(17)20)8-7-13(19)11-5-3-4-6-12(11)16/h3-6H,2,7-10H2,1H3,(H2,17,20)(H,18,21)/t16-/m0/s1. The monoisotopic (exact) mass is 304 g/mol. The van der Waals surface area contributed by atoms with Crippen LogP contribution in [0.15, 0.2) is 24.3 Å². The highest BCUT2D eigenvalue weighted by Crippen LogP contribution is 2.39. The average Bonchev–Trinajstić information content (AvgIpc) is 2.50. The Kier molecular flexibility index (Phi) is 4.80. The van der Waals surface area contributed by atoms with E-state index in [9.17, 15) is 14.4 Å². The van der Waals surface area contributed by atoms with Gasteiger partial charge in [-0.1, -0.05) is 24.3 Å². The van der Waals surface area contributed by atoms with Crippen molar-refractivity contribution < 1.29 is 19.1 Å². The van der Waals surface area contributed by atoms with Crippen molar-refractivity contribution in [1.82, 2.24) is 5.32 Å². The van der Waals surface area contributed by atoms with Crippen LogP contribution in [0.25, 0.3) is 0 Å². The number of rotatable bonds is 5. The zero-order chi connectivity index (χ0) is 16.2. The molecule has 0 aromatic heterocycles. The molecule has 2 amide bonds. The second kappa shape index (κ2) is 6.60. The highest BCUT2D eigenvalue weighted by molar-refractivity contribution is 6.03. The van der Waals surface area contributed by atoms with Gasteiger partial charge in [-0.3, -0.25) is 9.59 Å². The Morgan fingerprint density at radius 1 is 1.36 bits per heavy atom. The van der Waals surface area contributed by atoms with Gasteiger partial charge in [0, 0.05) is 18.5 Å². The van der Waals surface area contributed by atoms with Crippen LogP contribution >= 0.6 is 0 Å². The van der Waals surface area contributed by atoms with Crippen LogP contribution in [0.5, 0.6) is 0 Å². The first-order chi connectivity index (χ1) is 10.5. The summed E-state index contributed by atoms with van der Waals surface area (Å²) in [6.45, 7) is 2.25. The normalized spacial score (nSPS) is 20.1. The van der Waals surface area contributed by atoms with Crippen LogP contribution in [0.2, 0.25) is 0 Å². The summed E-state index contributed by atoms with van der Waals surface area (Å²) in [6.07, 6.45) is 0.454. The van der Waals surface area contributed by atoms with Crippen LogP contribution in [0.4, 0.5) is 4.79 Å². The minimum absolute atomic E-state index is 0.0193. The number of benzene rings is 1. The summed E-state index contributed by atoms with van der Waals surface area (Å²) in [5.74, 6) is -0.455. The molecule has 0 fully saturated rings. The molecule has 22 heavy (non-hydrogen) atoms. The van der Waals surface area contributed by atoms with Gasteiger partial charge in [0.1, 0.15) is 0 Å². The molecular weight excluding hydrogens is 284 g/mol. The first kappa shape index (κ1) is 16.0. The molecule has 1 atom stereocenters. The molecule has 6 heteroatoms. The summed E-state index contributed by atoms with van der Waals surface area (Å²) in [5, 5.41) is 2.60. The molecule has 0 aliphatic heterocycles. The summed E-state index contributed by atoms with van der Waals surface area (Å²) in [5.41, 5.74) is 5.92. The molecule has 1 aromatic carbocycles. The molecule has 0 bridgehead atoms. The number of ketones is 1. The third-order valence-corrected chi connectivity index (χ3v) is 4.09. The lowest BCUT2D eigenvalue weighted by Gasteiger charge is -2.35. The van der Waals surface area contributed by atoms with Crippen molar-refractivity contribution in [3.8, 4) is 0 Å². The molecular formula is C16H20N2O4. The number of carbonyl (C=O) groups is 3. The molecule has 6 nitrogen and oxygen atoms in total. The topological polar surface area (TPSA) is 98.5 Å². The molecule has 0 saturated heterocycles. The first-order valence-electron chi connectivity index (χ1n) is 7.34. The second-order valence-electron chi connectivity index (χ2n) is 5.31. The first-order valence-corrected chi connectivity index (χ1v) is 7.34. The van der Waals surface area contributed by atoms with Gasteiger partial charge in [0.05, 0.1) is 12.0 Å². The van der Waals surface area contributed by atoms with Crippen LogP contribution in [0, 0.1) is 0 Å². The van der Waals surface area contributed by atoms with Crippen molar-refractivity contribution in [2.45, 2.75) is 31.6 Å². The van der Waals surface area contributed by atoms with E-state index in [-0.39, 0.29) is 25.4 Å². The summed E-state index contributed by atoms with van der Waals surface area (Å²) in [4.78, 5) is 35.5. The highest BCUT2D eigenvalue weighted by atomic mass is 16.5. The summed E-state index contributed by atoms with van der Waals surface area (Å²) in [7, 11) is 0. The predicted molar refractivity (Wildman–Crippen MR) is 80.5 cm³/mol. The van der Waals surface area contributed by atoms with Gasteiger partial charge in [0.15, 0.2) is 5.78 Å². The molecule has 0 radical (unpaired) electrons. The number of fused-ring (bicyclic) bond motifs is 1. The largest absolute Gasteiger partial charge is 0.450 e. The lowest BCUT2D eigenvalue weighted by molar-refractivity contribution is -0.124. The number of primary amides is 1. The number of carbonyl (C=O) groups excluding carboxylic acids is 3. The minimum Gasteiger partial charge on any atom is -0.450 e. The van der Waals surface area contributed by atoms with E-state index in [0.29, 0.717) is 24.0 Å². The van der Waals surface area contributed by atoms with Crippen LogP contribution in [0.3, 0.4) is 0 Å². The van der Waals surface area contributed by atoms with Gasteiger partial charge >= 0.3 is 6.09 Å². The zero-order valence-electron chi connectivity index (χ0n) is 12.6. The van der Waals surface area contributed by atoms with Crippen molar-refractivity contribution in [2.24, 2.45) is 5.73 Å². The van der Waals surface area contributed by atoms with Crippen LogP contribution in [-0.2, 0) is 14.9 Å². The molecule has 0 unspecified atom stereocenters. The number of alkyl carbamates (subject to hydrolysis) is 1. The van der Waals surface area contributed by atoms with Gasteiger partial charge in [-0.2, -0.15) is 0 Å². The van der Waals surface area contributed by atoms with Crippen molar-refractivity contribution in [3.05, 3.63) is 35.4 Å². The van der Waals surface area contributed by atoms with Crippen LogP contribution in [0.1, 0.15) is 42.1 Å². The fraction of sp³-hybridized carbons (Fsp3) is 0.438. The lowest BCUT2D eigenvalue weighted by atomic mass is 9.67. The molecule has 0 saturated carbocycles. The van der Waals surface area contributed by atoms with Crippen LogP contribution in [-0.4, -0.2) is 30.9 Å². The molecule has 0 heterocycles. The highest BCUT2D eigenvalue weighted by Gasteiger charge is 2.43. The Bertz CT molecular complexity index is 600. The van der Waals surface area contributed by atoms with Gasteiger partial charge < -0.3 is 15.8 Å². The smallest absolute Gasteiger partial charge is 0.407 e. The number of ether oxygens (including phenoxy) is 1. The number of hydrogen-bond acceptors (Lipinski definition) is 4. The van der Waals surface area contributed by atoms with E-state index in [1.54, 1.807) is 31.2 Å². The van der Waals surface area contributed by atoms with Crippen LogP contribution < -0.4 is 11.1 Å². The second-order valence-corrected chi connectivity index (χ2v) is 5.31. The van der Waals surface area contributed by atoms with E-state index in [1.807, 2.05) is 0 Å². The van der Waals surface area contributed by atoms with Gasteiger partial charge in [-0.25, -0.2) is 4.79 Å². The Hall–Kier alpha value is -2.37. The van der Waals surface area contributed by atoms with Crippen molar-refractivity contribution in [1.29, 1.82) is 0 Å². The Morgan fingerprint density at radius 2 is 2.09 bits per heavy atom. The molecule has 3 N–H and O–H groups in total. The predicted octanol–water partition coefficient (Wildman–Crippen LogP) is 1.52. The molecule has 0 spiro atoms. The lowest BCUT2D eigenvalue weighted by Crippen LogP contribution is -2.47. The Labute approximate surface area is 129 Å². The van der Waals surface area contributed by atoms with Gasteiger partial charge in [-0.05, 0) is 25.3 Å². The number of Topliss-reactive ketones (excluding diaryl/α,β-unsaturated/α-hetero) is 1. The van der Waals surface area contributed by atoms with Crippen molar-refractivity contribution in [2.75, 3.05) is 13.2 Å². The number of nitrogens with two attached hydrogens (primary N) is 1. The fourth-order valence-electron chi connectivity index (χ4n) is 2.94.